The Morgan fingerprint density at radius 3 is 1.55 bits per heavy atom. The molecule has 0 saturated carbocycles. The fraction of sp³-hybridized carbons (Fsp3) is 0. The highest BCUT2D eigenvalue weighted by Gasteiger charge is 2.20. The van der Waals surface area contributed by atoms with Gasteiger partial charge in [-0.05, 0) is 74.5 Å². The second kappa shape index (κ2) is 12.9. The van der Waals surface area contributed by atoms with Crippen molar-refractivity contribution < 1.29 is 4.42 Å². The molecule has 4 heteroatoms. The Kier molecular flexibility index (Phi) is 7.43. The predicted octanol–water partition coefficient (Wildman–Crippen LogP) is 12.9. The summed E-state index contributed by atoms with van der Waals surface area (Å²) in [5, 5.41) is 4.27. The first-order valence-electron chi connectivity index (χ1n) is 17.8. The van der Waals surface area contributed by atoms with Gasteiger partial charge in [0.2, 0.25) is 0 Å². The van der Waals surface area contributed by atoms with Gasteiger partial charge in [0.05, 0.1) is 0 Å². The Hall–Kier alpha value is -7.17. The maximum absolute atomic E-state index is 6.51. The van der Waals surface area contributed by atoms with Gasteiger partial charge >= 0.3 is 0 Å². The van der Waals surface area contributed by atoms with Crippen molar-refractivity contribution in [2.45, 2.75) is 0 Å². The van der Waals surface area contributed by atoms with Crippen LogP contribution in [0, 0.1) is 0 Å². The summed E-state index contributed by atoms with van der Waals surface area (Å²) >= 11 is 0. The van der Waals surface area contributed by atoms with Crippen LogP contribution in [0.4, 0.5) is 0 Å². The standard InChI is InChI=1S/C49H31N3O/c1-4-13-32(14-5-1)36-25-23-34-24-26-38(30-39(34)29-36)47-50-48(41-20-11-10-19-40(41)35-17-8-3-9-18-35)52-49(51-47)43-21-12-22-44-46(43)42-28-27-37(31-45(42)53-44)33-15-6-2-7-16-33/h1-31H. The molecule has 0 radical (unpaired) electrons. The second-order valence-corrected chi connectivity index (χ2v) is 13.2. The fourth-order valence-electron chi connectivity index (χ4n) is 7.31. The third kappa shape index (κ3) is 5.63. The van der Waals surface area contributed by atoms with Crippen LogP contribution in [0.1, 0.15) is 0 Å². The molecule has 53 heavy (non-hydrogen) atoms. The molecule has 0 amide bonds. The smallest absolute Gasteiger partial charge is 0.164 e. The van der Waals surface area contributed by atoms with Crippen LogP contribution in [0.2, 0.25) is 0 Å². The number of hydrogen-bond acceptors (Lipinski definition) is 4. The summed E-state index contributed by atoms with van der Waals surface area (Å²) in [5.41, 5.74) is 11.1. The van der Waals surface area contributed by atoms with Crippen LogP contribution in [-0.2, 0) is 0 Å². The molecule has 2 heterocycles. The van der Waals surface area contributed by atoms with Crippen LogP contribution in [0.25, 0.3) is 100 Å². The van der Waals surface area contributed by atoms with Crippen molar-refractivity contribution in [3.8, 4) is 67.5 Å². The molecule has 8 aromatic carbocycles. The molecule has 4 nitrogen and oxygen atoms in total. The zero-order valence-electron chi connectivity index (χ0n) is 28.6. The van der Waals surface area contributed by atoms with E-state index in [1.807, 2.05) is 36.4 Å². The molecular weight excluding hydrogens is 647 g/mol. The molecule has 0 aliphatic heterocycles. The zero-order chi connectivity index (χ0) is 35.1. The van der Waals surface area contributed by atoms with Gasteiger partial charge in [0.15, 0.2) is 17.5 Å². The van der Waals surface area contributed by atoms with Crippen molar-refractivity contribution in [3.05, 3.63) is 188 Å². The van der Waals surface area contributed by atoms with Crippen molar-refractivity contribution >= 4 is 32.7 Å². The fourth-order valence-corrected chi connectivity index (χ4v) is 7.31. The van der Waals surface area contributed by atoms with E-state index in [2.05, 4.69) is 152 Å². The van der Waals surface area contributed by atoms with Gasteiger partial charge < -0.3 is 4.42 Å². The van der Waals surface area contributed by atoms with Gasteiger partial charge in [-0.25, -0.2) is 15.0 Å². The largest absolute Gasteiger partial charge is 0.456 e. The number of aromatic nitrogens is 3. The Morgan fingerprint density at radius 2 is 0.830 bits per heavy atom. The molecule has 0 aliphatic rings. The summed E-state index contributed by atoms with van der Waals surface area (Å²) in [6.07, 6.45) is 0. The van der Waals surface area contributed by atoms with Crippen molar-refractivity contribution in [3.63, 3.8) is 0 Å². The molecular formula is C49H31N3O. The Balaban J connectivity index is 1.18. The van der Waals surface area contributed by atoms with Crippen LogP contribution in [0.15, 0.2) is 192 Å². The minimum atomic E-state index is 0.589. The number of nitrogens with zero attached hydrogens (tertiary/aromatic N) is 3. The van der Waals surface area contributed by atoms with E-state index in [4.69, 9.17) is 19.4 Å². The highest BCUT2D eigenvalue weighted by Crippen LogP contribution is 2.39. The summed E-state index contributed by atoms with van der Waals surface area (Å²) in [4.78, 5) is 15.7. The van der Waals surface area contributed by atoms with Gasteiger partial charge in [0, 0.05) is 27.5 Å². The molecule has 0 unspecified atom stereocenters. The number of furan rings is 1. The van der Waals surface area contributed by atoms with E-state index in [0.29, 0.717) is 17.5 Å². The monoisotopic (exact) mass is 677 g/mol. The quantitative estimate of drug-likeness (QED) is 0.176. The number of fused-ring (bicyclic) bond motifs is 4. The summed E-state index contributed by atoms with van der Waals surface area (Å²) < 4.78 is 6.51. The van der Waals surface area contributed by atoms with Crippen LogP contribution in [0.3, 0.4) is 0 Å². The van der Waals surface area contributed by atoms with Crippen molar-refractivity contribution in [1.82, 2.24) is 15.0 Å². The topological polar surface area (TPSA) is 51.8 Å². The normalized spacial score (nSPS) is 11.4. The van der Waals surface area contributed by atoms with Gasteiger partial charge in [-0.3, -0.25) is 0 Å². The maximum atomic E-state index is 6.51. The Morgan fingerprint density at radius 1 is 0.302 bits per heavy atom. The molecule has 0 spiro atoms. The molecule has 0 fully saturated rings. The summed E-state index contributed by atoms with van der Waals surface area (Å²) in [6.45, 7) is 0. The molecule has 0 atom stereocenters. The minimum Gasteiger partial charge on any atom is -0.456 e. The lowest BCUT2D eigenvalue weighted by Crippen LogP contribution is -2.01. The highest BCUT2D eigenvalue weighted by molar-refractivity contribution is 6.12. The highest BCUT2D eigenvalue weighted by atomic mass is 16.3. The van der Waals surface area contributed by atoms with Crippen LogP contribution in [0.5, 0.6) is 0 Å². The van der Waals surface area contributed by atoms with E-state index < -0.39 is 0 Å². The lowest BCUT2D eigenvalue weighted by atomic mass is 9.98. The maximum Gasteiger partial charge on any atom is 0.164 e. The molecule has 2 aromatic heterocycles. The molecule has 0 bridgehead atoms. The van der Waals surface area contributed by atoms with E-state index in [9.17, 15) is 0 Å². The number of rotatable bonds is 6. The van der Waals surface area contributed by atoms with Crippen LogP contribution >= 0.6 is 0 Å². The lowest BCUT2D eigenvalue weighted by Gasteiger charge is -2.13. The third-order valence-corrected chi connectivity index (χ3v) is 9.94. The number of benzene rings is 8. The first-order chi connectivity index (χ1) is 26.2. The molecule has 10 rings (SSSR count). The van der Waals surface area contributed by atoms with E-state index in [0.717, 1.165) is 77.2 Å². The third-order valence-electron chi connectivity index (χ3n) is 9.94. The van der Waals surface area contributed by atoms with Gasteiger partial charge in [0.25, 0.3) is 0 Å². The summed E-state index contributed by atoms with van der Waals surface area (Å²) in [5.74, 6) is 1.81. The Bertz CT molecular complexity index is 2940. The molecule has 0 aliphatic carbocycles. The Labute approximate surface area is 306 Å². The van der Waals surface area contributed by atoms with Crippen molar-refractivity contribution in [2.75, 3.05) is 0 Å². The van der Waals surface area contributed by atoms with Crippen molar-refractivity contribution in [2.24, 2.45) is 0 Å². The minimum absolute atomic E-state index is 0.589. The van der Waals surface area contributed by atoms with Gasteiger partial charge in [-0.1, -0.05) is 158 Å². The molecule has 10 aromatic rings. The first-order valence-corrected chi connectivity index (χ1v) is 17.8. The van der Waals surface area contributed by atoms with Crippen molar-refractivity contribution in [1.29, 1.82) is 0 Å². The predicted molar refractivity (Wildman–Crippen MR) is 217 cm³/mol. The van der Waals surface area contributed by atoms with E-state index >= 15 is 0 Å². The SMILES string of the molecule is c1ccc(-c2ccc3ccc(-c4nc(-c5ccccc5-c5ccccc5)nc(-c5cccc6oc7cc(-c8ccccc8)ccc7c56)n4)cc3c2)cc1. The van der Waals surface area contributed by atoms with E-state index in [1.165, 1.54) is 5.56 Å². The lowest BCUT2D eigenvalue weighted by molar-refractivity contribution is 0.669. The summed E-state index contributed by atoms with van der Waals surface area (Å²) in [6, 6.07) is 65.1. The zero-order valence-corrected chi connectivity index (χ0v) is 28.6. The second-order valence-electron chi connectivity index (χ2n) is 13.2. The summed E-state index contributed by atoms with van der Waals surface area (Å²) in [7, 11) is 0. The molecule has 0 saturated heterocycles. The van der Waals surface area contributed by atoms with E-state index in [1.54, 1.807) is 0 Å². The van der Waals surface area contributed by atoms with Gasteiger partial charge in [-0.2, -0.15) is 0 Å². The first kappa shape index (κ1) is 30.6. The van der Waals surface area contributed by atoms with E-state index in [-0.39, 0.29) is 0 Å². The average Bonchev–Trinajstić information content (AvgIpc) is 3.62. The molecule has 0 N–H and O–H groups in total. The molecule has 248 valence electrons. The van der Waals surface area contributed by atoms with Gasteiger partial charge in [-0.15, -0.1) is 0 Å². The average molecular weight is 678 g/mol. The van der Waals surface area contributed by atoms with Gasteiger partial charge in [0.1, 0.15) is 11.2 Å². The van der Waals surface area contributed by atoms with Crippen LogP contribution in [-0.4, -0.2) is 15.0 Å². The van der Waals surface area contributed by atoms with Crippen LogP contribution < -0.4 is 0 Å². The number of hydrogen-bond donors (Lipinski definition) is 0.